The van der Waals surface area contributed by atoms with Gasteiger partial charge in [0.25, 0.3) is 0 Å². The Morgan fingerprint density at radius 3 is 2.68 bits per heavy atom. The zero-order chi connectivity index (χ0) is 19.0. The van der Waals surface area contributed by atoms with E-state index in [-0.39, 0.29) is 0 Å². The molecule has 0 aromatic carbocycles. The highest BCUT2D eigenvalue weighted by atomic mass is 16.5. The Hall–Kier alpha value is -1.53. The Morgan fingerprint density at radius 1 is 1.11 bits per heavy atom. The number of rotatable bonds is 6. The molecule has 6 heteroatoms. The number of guanidine groups is 1. The molecule has 1 aromatic rings. The van der Waals surface area contributed by atoms with Crippen molar-refractivity contribution in [3.8, 4) is 0 Å². The van der Waals surface area contributed by atoms with E-state index in [4.69, 9.17) is 14.1 Å². The molecule has 28 heavy (non-hydrogen) atoms. The summed E-state index contributed by atoms with van der Waals surface area (Å²) in [6, 6.07) is 4.81. The van der Waals surface area contributed by atoms with Crippen molar-refractivity contribution >= 4 is 5.96 Å². The fourth-order valence-electron chi connectivity index (χ4n) is 4.71. The first-order valence-corrected chi connectivity index (χ1v) is 11.3. The van der Waals surface area contributed by atoms with Gasteiger partial charge in [-0.1, -0.05) is 19.3 Å². The molecule has 3 heterocycles. The second-order valence-corrected chi connectivity index (χ2v) is 8.46. The third-order valence-electron chi connectivity index (χ3n) is 6.46. The number of nitrogens with zero attached hydrogens (tertiary/aromatic N) is 3. The summed E-state index contributed by atoms with van der Waals surface area (Å²) in [6.07, 6.45) is 10.8. The molecule has 0 bridgehead atoms. The predicted octanol–water partition coefficient (Wildman–Crippen LogP) is 2.75. The van der Waals surface area contributed by atoms with Crippen molar-refractivity contribution in [2.24, 2.45) is 10.9 Å². The molecule has 156 valence electrons. The molecule has 3 fully saturated rings. The van der Waals surface area contributed by atoms with E-state index in [0.29, 0.717) is 5.92 Å². The quantitative estimate of drug-likeness (QED) is 0.600. The van der Waals surface area contributed by atoms with E-state index in [1.165, 1.54) is 32.1 Å². The van der Waals surface area contributed by atoms with Crippen LogP contribution in [-0.4, -0.2) is 74.3 Å². The normalized spacial score (nSPS) is 25.4. The van der Waals surface area contributed by atoms with E-state index in [2.05, 4.69) is 15.1 Å². The lowest BCUT2D eigenvalue weighted by Gasteiger charge is -2.41. The first kappa shape index (κ1) is 19.8. The Kier molecular flexibility index (Phi) is 7.28. The smallest absolute Gasteiger partial charge is 0.194 e. The number of aliphatic imine (C=N–C) groups is 1. The van der Waals surface area contributed by atoms with E-state index < -0.39 is 0 Å². The summed E-state index contributed by atoms with van der Waals surface area (Å²) in [5.74, 6) is 2.67. The minimum absolute atomic E-state index is 0.574. The standard InChI is InChI=1S/C22H36N4O2/c1-2-5-20(6-3-1)25-11-13-26(14-12-25)22(24-17-19-9-16-27-18-19)23-10-8-21-7-4-15-28-21/h4,7,15,19-20H,1-3,5-6,8-14,16-18H2,(H,23,24). The lowest BCUT2D eigenvalue weighted by atomic mass is 9.94. The summed E-state index contributed by atoms with van der Waals surface area (Å²) in [4.78, 5) is 10.2. The number of hydrogen-bond donors (Lipinski definition) is 1. The zero-order valence-electron chi connectivity index (χ0n) is 17.2. The molecule has 1 aromatic heterocycles. The molecular formula is C22H36N4O2. The van der Waals surface area contributed by atoms with Crippen molar-refractivity contribution in [3.05, 3.63) is 24.2 Å². The van der Waals surface area contributed by atoms with E-state index in [0.717, 1.165) is 83.1 Å². The predicted molar refractivity (Wildman–Crippen MR) is 112 cm³/mol. The molecule has 1 saturated carbocycles. The summed E-state index contributed by atoms with van der Waals surface area (Å²) in [7, 11) is 0. The third kappa shape index (κ3) is 5.51. The summed E-state index contributed by atoms with van der Waals surface area (Å²) in [5, 5.41) is 3.60. The average molecular weight is 389 g/mol. The average Bonchev–Trinajstić information content (AvgIpc) is 3.46. The van der Waals surface area contributed by atoms with Crippen LogP contribution in [0.5, 0.6) is 0 Å². The van der Waals surface area contributed by atoms with Gasteiger partial charge in [0, 0.05) is 64.3 Å². The Bertz CT molecular complexity index is 584. The van der Waals surface area contributed by atoms with Crippen LogP contribution in [0, 0.1) is 5.92 Å². The van der Waals surface area contributed by atoms with Crippen LogP contribution < -0.4 is 5.32 Å². The van der Waals surface area contributed by atoms with Crippen LogP contribution in [-0.2, 0) is 11.2 Å². The second kappa shape index (κ2) is 10.3. The lowest BCUT2D eigenvalue weighted by molar-refractivity contribution is 0.106. The Labute approximate surface area is 169 Å². The number of nitrogens with one attached hydrogen (secondary N) is 1. The van der Waals surface area contributed by atoms with Gasteiger partial charge >= 0.3 is 0 Å². The maximum atomic E-state index is 5.52. The van der Waals surface area contributed by atoms with Crippen LogP contribution in [0.25, 0.3) is 0 Å². The van der Waals surface area contributed by atoms with Gasteiger partial charge in [-0.15, -0.1) is 0 Å². The molecule has 2 aliphatic heterocycles. The van der Waals surface area contributed by atoms with Crippen molar-refractivity contribution in [1.29, 1.82) is 0 Å². The minimum atomic E-state index is 0.574. The zero-order valence-corrected chi connectivity index (χ0v) is 17.2. The van der Waals surface area contributed by atoms with Gasteiger partial charge in [-0.2, -0.15) is 0 Å². The number of ether oxygens (including phenoxy) is 1. The first-order chi connectivity index (χ1) is 13.9. The van der Waals surface area contributed by atoms with Gasteiger partial charge in [0.15, 0.2) is 5.96 Å². The van der Waals surface area contributed by atoms with Crippen molar-refractivity contribution < 1.29 is 9.15 Å². The van der Waals surface area contributed by atoms with E-state index in [9.17, 15) is 0 Å². The summed E-state index contributed by atoms with van der Waals surface area (Å²) in [5.41, 5.74) is 0. The van der Waals surface area contributed by atoms with Crippen molar-refractivity contribution in [1.82, 2.24) is 15.1 Å². The highest BCUT2D eigenvalue weighted by Crippen LogP contribution is 2.23. The lowest BCUT2D eigenvalue weighted by Crippen LogP contribution is -2.55. The maximum Gasteiger partial charge on any atom is 0.194 e. The Balaban J connectivity index is 1.30. The van der Waals surface area contributed by atoms with Crippen molar-refractivity contribution in [2.45, 2.75) is 51.0 Å². The largest absolute Gasteiger partial charge is 0.469 e. The third-order valence-corrected chi connectivity index (χ3v) is 6.46. The molecule has 0 radical (unpaired) electrons. The van der Waals surface area contributed by atoms with Gasteiger partial charge in [0.2, 0.25) is 0 Å². The molecule has 1 unspecified atom stereocenters. The van der Waals surface area contributed by atoms with Crippen LogP contribution in [0.2, 0.25) is 0 Å². The van der Waals surface area contributed by atoms with Crippen LogP contribution in [0.1, 0.15) is 44.3 Å². The molecule has 1 aliphatic carbocycles. The van der Waals surface area contributed by atoms with Gasteiger partial charge in [-0.3, -0.25) is 9.89 Å². The number of furan rings is 1. The minimum Gasteiger partial charge on any atom is -0.469 e. The van der Waals surface area contributed by atoms with Gasteiger partial charge in [-0.05, 0) is 31.4 Å². The van der Waals surface area contributed by atoms with Crippen LogP contribution in [0.15, 0.2) is 27.8 Å². The summed E-state index contributed by atoms with van der Waals surface area (Å²) in [6.45, 7) is 7.95. The fraction of sp³-hybridized carbons (Fsp3) is 0.773. The maximum absolute atomic E-state index is 5.52. The summed E-state index contributed by atoms with van der Waals surface area (Å²) < 4.78 is 11.0. The second-order valence-electron chi connectivity index (χ2n) is 8.46. The summed E-state index contributed by atoms with van der Waals surface area (Å²) >= 11 is 0. The van der Waals surface area contributed by atoms with E-state index >= 15 is 0 Å². The van der Waals surface area contributed by atoms with Gasteiger partial charge in [0.1, 0.15) is 5.76 Å². The van der Waals surface area contributed by atoms with Gasteiger partial charge < -0.3 is 19.4 Å². The Morgan fingerprint density at radius 2 is 1.96 bits per heavy atom. The van der Waals surface area contributed by atoms with Crippen LogP contribution in [0.4, 0.5) is 0 Å². The van der Waals surface area contributed by atoms with Crippen molar-refractivity contribution in [2.75, 3.05) is 52.5 Å². The molecule has 6 nitrogen and oxygen atoms in total. The molecule has 0 spiro atoms. The topological polar surface area (TPSA) is 53.2 Å². The number of hydrogen-bond acceptors (Lipinski definition) is 4. The van der Waals surface area contributed by atoms with Gasteiger partial charge in [0.05, 0.1) is 12.9 Å². The molecule has 4 rings (SSSR count). The SMILES string of the molecule is c1coc(CCNC(=NCC2CCOC2)N2CCN(C3CCCCC3)CC2)c1. The fourth-order valence-corrected chi connectivity index (χ4v) is 4.71. The van der Waals surface area contributed by atoms with E-state index in [1.54, 1.807) is 6.26 Å². The van der Waals surface area contributed by atoms with Gasteiger partial charge in [-0.25, -0.2) is 0 Å². The molecule has 2 saturated heterocycles. The molecule has 3 aliphatic rings. The molecule has 1 atom stereocenters. The first-order valence-electron chi connectivity index (χ1n) is 11.3. The van der Waals surface area contributed by atoms with Crippen LogP contribution in [0.3, 0.4) is 0 Å². The monoisotopic (exact) mass is 388 g/mol. The van der Waals surface area contributed by atoms with Crippen LogP contribution >= 0.6 is 0 Å². The van der Waals surface area contributed by atoms with Crippen molar-refractivity contribution in [3.63, 3.8) is 0 Å². The molecular weight excluding hydrogens is 352 g/mol. The van der Waals surface area contributed by atoms with E-state index in [1.807, 2.05) is 12.1 Å². The molecule has 1 N–H and O–H groups in total. The highest BCUT2D eigenvalue weighted by Gasteiger charge is 2.26. The number of piperazine rings is 1. The highest BCUT2D eigenvalue weighted by molar-refractivity contribution is 5.80. The molecule has 0 amide bonds.